The van der Waals surface area contributed by atoms with Crippen LogP contribution in [-0.2, 0) is 11.3 Å². The number of pyridine rings is 1. The fourth-order valence-electron chi connectivity index (χ4n) is 3.15. The molecule has 0 aliphatic heterocycles. The molecular formula is C22H20N4O2. The van der Waals surface area contributed by atoms with Crippen molar-refractivity contribution in [2.24, 2.45) is 0 Å². The summed E-state index contributed by atoms with van der Waals surface area (Å²) >= 11 is 0. The summed E-state index contributed by atoms with van der Waals surface area (Å²) in [6, 6.07) is 18.6. The Bertz CT molecular complexity index is 1200. The summed E-state index contributed by atoms with van der Waals surface area (Å²) < 4.78 is 3.12. The molecule has 2 aromatic heterocycles. The lowest BCUT2D eigenvalue weighted by Crippen LogP contribution is -2.27. The van der Waals surface area contributed by atoms with Crippen LogP contribution in [0.2, 0.25) is 0 Å². The molecule has 140 valence electrons. The van der Waals surface area contributed by atoms with E-state index in [4.69, 9.17) is 0 Å². The van der Waals surface area contributed by atoms with E-state index in [0.717, 1.165) is 11.1 Å². The lowest BCUT2D eigenvalue weighted by Gasteiger charge is -2.13. The number of nitrogens with zero attached hydrogens (tertiary/aromatic N) is 3. The van der Waals surface area contributed by atoms with Crippen LogP contribution < -0.4 is 10.9 Å². The number of anilines is 1. The summed E-state index contributed by atoms with van der Waals surface area (Å²) in [5, 5.41) is 3.35. The number of hydrogen-bond donors (Lipinski definition) is 1. The van der Waals surface area contributed by atoms with E-state index < -0.39 is 0 Å². The molecule has 4 aromatic rings. The molecule has 1 amide bonds. The standard InChI is InChI=1S/C22H20N4O2/c1-15-5-9-17(10-6-15)24-20(27)14-25-21-19(4-3-13-23-21)22(28)26(25)18-11-7-16(2)8-12-18/h3-13H,14H2,1-2H3,(H,24,27). The molecular weight excluding hydrogens is 352 g/mol. The summed E-state index contributed by atoms with van der Waals surface area (Å²) in [6.07, 6.45) is 1.62. The number of aryl methyl sites for hydroxylation is 2. The van der Waals surface area contributed by atoms with Crippen molar-refractivity contribution in [2.45, 2.75) is 20.4 Å². The minimum atomic E-state index is -0.229. The molecule has 0 spiro atoms. The fourth-order valence-corrected chi connectivity index (χ4v) is 3.15. The van der Waals surface area contributed by atoms with E-state index in [1.54, 1.807) is 23.0 Å². The van der Waals surface area contributed by atoms with Crippen molar-refractivity contribution in [1.29, 1.82) is 0 Å². The summed E-state index contributed by atoms with van der Waals surface area (Å²) in [5.41, 5.74) is 3.89. The average Bonchev–Trinajstić information content (AvgIpc) is 2.97. The number of amides is 1. The highest BCUT2D eigenvalue weighted by molar-refractivity contribution is 5.91. The van der Waals surface area contributed by atoms with Gasteiger partial charge in [0.25, 0.3) is 5.56 Å². The van der Waals surface area contributed by atoms with Crippen LogP contribution in [-0.4, -0.2) is 20.3 Å². The number of nitrogens with one attached hydrogen (secondary N) is 1. The number of benzene rings is 2. The summed E-state index contributed by atoms with van der Waals surface area (Å²) in [4.78, 5) is 30.0. The molecule has 0 aliphatic rings. The molecule has 28 heavy (non-hydrogen) atoms. The number of hydrogen-bond acceptors (Lipinski definition) is 3. The molecule has 4 rings (SSSR count). The van der Waals surface area contributed by atoms with Crippen molar-refractivity contribution in [2.75, 3.05) is 5.32 Å². The maximum absolute atomic E-state index is 13.0. The maximum Gasteiger partial charge on any atom is 0.280 e. The van der Waals surface area contributed by atoms with Gasteiger partial charge < -0.3 is 5.32 Å². The number of rotatable bonds is 4. The average molecular weight is 372 g/mol. The minimum absolute atomic E-state index is 0.0303. The summed E-state index contributed by atoms with van der Waals surface area (Å²) in [6.45, 7) is 3.94. The molecule has 0 unspecified atom stereocenters. The number of carbonyl (C=O) groups is 1. The second-order valence-corrected chi connectivity index (χ2v) is 6.80. The van der Waals surface area contributed by atoms with Crippen LogP contribution >= 0.6 is 0 Å². The molecule has 1 N–H and O–H groups in total. The van der Waals surface area contributed by atoms with Crippen LogP contribution in [0, 0.1) is 13.8 Å². The van der Waals surface area contributed by atoms with Gasteiger partial charge in [-0.1, -0.05) is 35.4 Å². The predicted octanol–water partition coefficient (Wildman–Crippen LogP) is 3.44. The van der Waals surface area contributed by atoms with Gasteiger partial charge in [0.2, 0.25) is 5.91 Å². The molecule has 6 heteroatoms. The quantitative estimate of drug-likeness (QED) is 0.597. The van der Waals surface area contributed by atoms with Gasteiger partial charge in [0, 0.05) is 11.9 Å². The summed E-state index contributed by atoms with van der Waals surface area (Å²) in [7, 11) is 0. The van der Waals surface area contributed by atoms with E-state index in [-0.39, 0.29) is 18.0 Å². The lowest BCUT2D eigenvalue weighted by atomic mass is 10.2. The monoisotopic (exact) mass is 372 g/mol. The Morgan fingerprint density at radius 3 is 2.29 bits per heavy atom. The van der Waals surface area contributed by atoms with E-state index in [1.807, 2.05) is 62.4 Å². The zero-order chi connectivity index (χ0) is 19.7. The Hall–Kier alpha value is -3.67. The highest BCUT2D eigenvalue weighted by atomic mass is 16.2. The van der Waals surface area contributed by atoms with Gasteiger partial charge in [-0.3, -0.25) is 14.3 Å². The Kier molecular flexibility index (Phi) is 4.53. The molecule has 0 aliphatic carbocycles. The normalized spacial score (nSPS) is 10.9. The highest BCUT2D eigenvalue weighted by Gasteiger charge is 2.17. The Labute approximate surface area is 162 Å². The van der Waals surface area contributed by atoms with Crippen molar-refractivity contribution in [1.82, 2.24) is 14.3 Å². The highest BCUT2D eigenvalue weighted by Crippen LogP contribution is 2.15. The zero-order valence-electron chi connectivity index (χ0n) is 15.7. The molecule has 0 bridgehead atoms. The van der Waals surface area contributed by atoms with Gasteiger partial charge >= 0.3 is 0 Å². The molecule has 0 saturated heterocycles. The molecule has 6 nitrogen and oxygen atoms in total. The van der Waals surface area contributed by atoms with Crippen LogP contribution in [0.5, 0.6) is 0 Å². The minimum Gasteiger partial charge on any atom is -0.324 e. The topological polar surface area (TPSA) is 68.9 Å². The van der Waals surface area contributed by atoms with E-state index in [1.165, 1.54) is 4.68 Å². The van der Waals surface area contributed by atoms with E-state index in [0.29, 0.717) is 22.4 Å². The Morgan fingerprint density at radius 2 is 1.61 bits per heavy atom. The molecule has 0 saturated carbocycles. The SMILES string of the molecule is Cc1ccc(NC(=O)Cn2c3ncccc3c(=O)n2-c2ccc(C)cc2)cc1. The first-order valence-corrected chi connectivity index (χ1v) is 9.03. The predicted molar refractivity (Wildman–Crippen MR) is 110 cm³/mol. The van der Waals surface area contributed by atoms with Gasteiger partial charge in [-0.15, -0.1) is 0 Å². The second-order valence-electron chi connectivity index (χ2n) is 6.80. The third-order valence-corrected chi connectivity index (χ3v) is 4.60. The molecule has 2 aromatic carbocycles. The first-order valence-electron chi connectivity index (χ1n) is 9.03. The van der Waals surface area contributed by atoms with Gasteiger partial charge in [-0.05, 0) is 50.2 Å². The third kappa shape index (κ3) is 3.32. The Balaban J connectivity index is 1.75. The van der Waals surface area contributed by atoms with Crippen molar-refractivity contribution >= 4 is 22.6 Å². The van der Waals surface area contributed by atoms with Gasteiger partial charge in [0.15, 0.2) is 5.65 Å². The number of carbonyl (C=O) groups excluding carboxylic acids is 1. The van der Waals surface area contributed by atoms with Crippen molar-refractivity contribution in [3.05, 3.63) is 88.3 Å². The van der Waals surface area contributed by atoms with E-state index >= 15 is 0 Å². The molecule has 0 fully saturated rings. The van der Waals surface area contributed by atoms with Crippen molar-refractivity contribution in [3.63, 3.8) is 0 Å². The second kappa shape index (κ2) is 7.15. The fraction of sp³-hybridized carbons (Fsp3) is 0.136. The van der Waals surface area contributed by atoms with Crippen LogP contribution in [0.25, 0.3) is 16.7 Å². The summed E-state index contributed by atoms with van der Waals surface area (Å²) in [5.74, 6) is -0.229. The van der Waals surface area contributed by atoms with E-state index in [2.05, 4.69) is 10.3 Å². The smallest absolute Gasteiger partial charge is 0.280 e. The molecule has 2 heterocycles. The number of aromatic nitrogens is 3. The van der Waals surface area contributed by atoms with Crippen LogP contribution in [0.4, 0.5) is 5.69 Å². The van der Waals surface area contributed by atoms with Gasteiger partial charge in [-0.25, -0.2) is 9.67 Å². The Morgan fingerprint density at radius 1 is 0.964 bits per heavy atom. The van der Waals surface area contributed by atoms with Crippen molar-refractivity contribution in [3.8, 4) is 5.69 Å². The van der Waals surface area contributed by atoms with Gasteiger partial charge in [0.05, 0.1) is 11.1 Å². The van der Waals surface area contributed by atoms with Crippen LogP contribution in [0.3, 0.4) is 0 Å². The van der Waals surface area contributed by atoms with Crippen molar-refractivity contribution < 1.29 is 4.79 Å². The molecule has 0 radical (unpaired) electrons. The van der Waals surface area contributed by atoms with Crippen LogP contribution in [0.1, 0.15) is 11.1 Å². The largest absolute Gasteiger partial charge is 0.324 e. The molecule has 0 atom stereocenters. The first kappa shape index (κ1) is 17.7. The lowest BCUT2D eigenvalue weighted by molar-refractivity contribution is -0.116. The number of fused-ring (bicyclic) bond motifs is 1. The van der Waals surface area contributed by atoms with Gasteiger partial charge in [-0.2, -0.15) is 0 Å². The van der Waals surface area contributed by atoms with E-state index in [9.17, 15) is 9.59 Å². The first-order chi connectivity index (χ1) is 13.5. The van der Waals surface area contributed by atoms with Gasteiger partial charge in [0.1, 0.15) is 6.54 Å². The third-order valence-electron chi connectivity index (χ3n) is 4.60. The van der Waals surface area contributed by atoms with Crippen LogP contribution in [0.15, 0.2) is 71.7 Å². The maximum atomic E-state index is 13.0. The zero-order valence-corrected chi connectivity index (χ0v) is 15.7.